The van der Waals surface area contributed by atoms with E-state index in [2.05, 4.69) is 16.9 Å². The maximum Gasteiger partial charge on any atom is 0.131 e. The van der Waals surface area contributed by atoms with Gasteiger partial charge in [-0.3, -0.25) is 9.97 Å². The fourth-order valence-corrected chi connectivity index (χ4v) is 4.42. The average molecular weight is 531 g/mol. The highest BCUT2D eigenvalue weighted by atomic mass is 32.2. The van der Waals surface area contributed by atoms with Crippen LogP contribution in [0.2, 0.25) is 0 Å². The minimum atomic E-state index is 0.409. The number of ether oxygens (including phenoxy) is 6. The highest BCUT2D eigenvalue weighted by Crippen LogP contribution is 2.28. The first-order valence-corrected chi connectivity index (χ1v) is 13.5. The number of aryl methyl sites for hydroxylation is 1. The van der Waals surface area contributed by atoms with Crippen LogP contribution in [0.5, 0.6) is 5.75 Å². The highest BCUT2D eigenvalue weighted by molar-refractivity contribution is 7.99. The van der Waals surface area contributed by atoms with Crippen molar-refractivity contribution in [1.82, 2.24) is 9.97 Å². The van der Waals surface area contributed by atoms with Gasteiger partial charge in [-0.25, -0.2) is 0 Å². The number of rotatable bonds is 19. The largest absolute Gasteiger partial charge is 0.487 e. The molecule has 2 aromatic heterocycles. The van der Waals surface area contributed by atoms with Crippen LogP contribution in [0.3, 0.4) is 0 Å². The van der Waals surface area contributed by atoms with Crippen molar-refractivity contribution in [3.8, 4) is 5.75 Å². The fraction of sp³-hybridized carbons (Fsp3) is 0.500. The molecule has 0 saturated heterocycles. The summed E-state index contributed by atoms with van der Waals surface area (Å²) in [7, 11) is 1.65. The van der Waals surface area contributed by atoms with Gasteiger partial charge in [0.1, 0.15) is 12.4 Å². The number of nitrogens with zero attached hydrogens (tertiary/aromatic N) is 2. The van der Waals surface area contributed by atoms with Crippen molar-refractivity contribution >= 4 is 22.7 Å². The molecule has 202 valence electrons. The molecule has 0 unspecified atom stereocenters. The molecule has 37 heavy (non-hydrogen) atoms. The third kappa shape index (κ3) is 10.6. The molecule has 0 bridgehead atoms. The van der Waals surface area contributed by atoms with Gasteiger partial charge >= 0.3 is 0 Å². The number of methoxy groups -OCH3 is 1. The molecule has 3 rings (SSSR count). The first-order chi connectivity index (χ1) is 18.2. The lowest BCUT2D eigenvalue weighted by Gasteiger charge is -2.13. The molecule has 0 aliphatic rings. The van der Waals surface area contributed by atoms with Gasteiger partial charge in [0.15, 0.2) is 0 Å². The zero-order valence-corrected chi connectivity index (χ0v) is 22.9. The molecule has 0 radical (unpaired) electrons. The highest BCUT2D eigenvalue weighted by Gasteiger charge is 2.10. The zero-order chi connectivity index (χ0) is 26.1. The minimum absolute atomic E-state index is 0.409. The normalized spacial score (nSPS) is 11.3. The molecule has 0 fully saturated rings. The predicted octanol–water partition coefficient (Wildman–Crippen LogP) is 4.63. The summed E-state index contributed by atoms with van der Waals surface area (Å²) in [4.78, 5) is 10.3. The van der Waals surface area contributed by atoms with Gasteiger partial charge in [-0.05, 0) is 37.6 Å². The lowest BCUT2D eigenvalue weighted by Crippen LogP contribution is -2.13. The van der Waals surface area contributed by atoms with Crippen LogP contribution in [-0.2, 0) is 30.3 Å². The second-order valence-electron chi connectivity index (χ2n) is 8.24. The lowest BCUT2D eigenvalue weighted by atomic mass is 10.2. The van der Waals surface area contributed by atoms with Gasteiger partial charge in [0.2, 0.25) is 0 Å². The lowest BCUT2D eigenvalue weighted by molar-refractivity contribution is -0.00660. The Morgan fingerprint density at radius 1 is 0.784 bits per heavy atom. The zero-order valence-electron chi connectivity index (χ0n) is 22.1. The van der Waals surface area contributed by atoms with Crippen molar-refractivity contribution in [2.75, 3.05) is 72.3 Å². The Morgan fingerprint density at radius 3 is 2.14 bits per heavy atom. The summed E-state index contributed by atoms with van der Waals surface area (Å²) in [6.45, 7) is 9.66. The first-order valence-electron chi connectivity index (χ1n) is 12.6. The molecule has 2 heterocycles. The Labute approximate surface area is 224 Å². The monoisotopic (exact) mass is 530 g/mol. The van der Waals surface area contributed by atoms with E-state index in [4.69, 9.17) is 28.4 Å². The fourth-order valence-electron chi connectivity index (χ4n) is 3.51. The van der Waals surface area contributed by atoms with Crippen LogP contribution in [0.15, 0.2) is 47.5 Å². The summed E-state index contributed by atoms with van der Waals surface area (Å²) in [6.07, 6.45) is 1.84. The maximum atomic E-state index is 6.18. The van der Waals surface area contributed by atoms with Crippen molar-refractivity contribution in [2.24, 2.45) is 0 Å². The van der Waals surface area contributed by atoms with Gasteiger partial charge in [0, 0.05) is 41.1 Å². The molecule has 8 nitrogen and oxygen atoms in total. The molecule has 0 atom stereocenters. The van der Waals surface area contributed by atoms with E-state index >= 15 is 0 Å². The predicted molar refractivity (Wildman–Crippen MR) is 146 cm³/mol. The second-order valence-corrected chi connectivity index (χ2v) is 9.38. The van der Waals surface area contributed by atoms with Gasteiger partial charge in [0.25, 0.3) is 0 Å². The first kappa shape index (κ1) is 29.3. The quantitative estimate of drug-likeness (QED) is 0.163. The van der Waals surface area contributed by atoms with Crippen LogP contribution in [0.1, 0.15) is 17.0 Å². The Morgan fingerprint density at radius 2 is 1.43 bits per heavy atom. The van der Waals surface area contributed by atoms with Crippen LogP contribution in [0.4, 0.5) is 0 Å². The van der Waals surface area contributed by atoms with Gasteiger partial charge in [0.05, 0.1) is 70.7 Å². The number of para-hydroxylation sites is 1. The van der Waals surface area contributed by atoms with Crippen molar-refractivity contribution in [1.29, 1.82) is 0 Å². The van der Waals surface area contributed by atoms with Crippen LogP contribution in [0.25, 0.3) is 10.9 Å². The van der Waals surface area contributed by atoms with E-state index in [-0.39, 0.29) is 0 Å². The topological polar surface area (TPSA) is 81.2 Å². The molecular formula is C28H38N2O6S. The Kier molecular flexibility index (Phi) is 13.7. The average Bonchev–Trinajstić information content (AvgIpc) is 2.90. The third-order valence-corrected chi connectivity index (χ3v) is 6.59. The number of hydrogen-bond acceptors (Lipinski definition) is 9. The number of pyridine rings is 2. The van der Waals surface area contributed by atoms with E-state index in [0.29, 0.717) is 66.1 Å². The Balaban J connectivity index is 1.29. The number of hydrogen-bond donors (Lipinski definition) is 0. The van der Waals surface area contributed by atoms with Crippen molar-refractivity contribution in [3.63, 3.8) is 0 Å². The third-order valence-electron chi connectivity index (χ3n) is 5.46. The van der Waals surface area contributed by atoms with Gasteiger partial charge in [-0.2, -0.15) is 0 Å². The van der Waals surface area contributed by atoms with Gasteiger partial charge in [-0.1, -0.05) is 12.1 Å². The van der Waals surface area contributed by atoms with E-state index in [1.54, 1.807) is 18.9 Å². The summed E-state index contributed by atoms with van der Waals surface area (Å²) in [5.74, 6) is 1.68. The molecule has 0 N–H and O–H groups in total. The van der Waals surface area contributed by atoms with E-state index < -0.39 is 0 Å². The van der Waals surface area contributed by atoms with Crippen molar-refractivity contribution < 1.29 is 28.4 Å². The summed E-state index contributed by atoms with van der Waals surface area (Å²) in [6, 6.07) is 12.0. The van der Waals surface area contributed by atoms with Crippen LogP contribution >= 0.6 is 11.8 Å². The standard InChI is InChI=1S/C28H38N2O6S/c1-22-20-27(24-6-4-5-7-25(24)30-22)36-21-26-23(2)28(8-9-29-26)37-19-18-35-17-16-34-15-14-33-13-12-32-11-10-31-3/h4-9,20H,10-19,21H2,1-3H3. The summed E-state index contributed by atoms with van der Waals surface area (Å²) >= 11 is 1.76. The smallest absolute Gasteiger partial charge is 0.131 e. The number of aromatic nitrogens is 2. The number of benzene rings is 1. The minimum Gasteiger partial charge on any atom is -0.487 e. The number of thioether (sulfide) groups is 1. The summed E-state index contributed by atoms with van der Waals surface area (Å²) in [5.41, 5.74) is 3.93. The molecule has 0 saturated carbocycles. The van der Waals surface area contributed by atoms with Crippen molar-refractivity contribution in [2.45, 2.75) is 25.3 Å². The van der Waals surface area contributed by atoms with E-state index in [0.717, 1.165) is 39.4 Å². The van der Waals surface area contributed by atoms with E-state index in [1.807, 2.05) is 49.5 Å². The summed E-state index contributed by atoms with van der Waals surface area (Å²) in [5, 5.41) is 1.01. The molecule has 0 aliphatic carbocycles. The Hall–Kier alpha value is -2.27. The van der Waals surface area contributed by atoms with Crippen LogP contribution in [0, 0.1) is 13.8 Å². The van der Waals surface area contributed by atoms with Gasteiger partial charge in [-0.15, -0.1) is 11.8 Å². The van der Waals surface area contributed by atoms with E-state index in [1.165, 1.54) is 4.90 Å². The molecule has 1 aromatic carbocycles. The molecule has 9 heteroatoms. The van der Waals surface area contributed by atoms with Gasteiger partial charge < -0.3 is 28.4 Å². The molecule has 0 aliphatic heterocycles. The van der Waals surface area contributed by atoms with Crippen LogP contribution in [-0.4, -0.2) is 82.3 Å². The second kappa shape index (κ2) is 17.3. The SMILES string of the molecule is COCCOCCOCCOCCOCCSc1ccnc(COc2cc(C)nc3ccccc23)c1C. The molecular weight excluding hydrogens is 492 g/mol. The molecule has 0 amide bonds. The van der Waals surface area contributed by atoms with Crippen molar-refractivity contribution in [3.05, 3.63) is 59.5 Å². The number of fused-ring (bicyclic) bond motifs is 1. The maximum absolute atomic E-state index is 6.18. The van der Waals surface area contributed by atoms with E-state index in [9.17, 15) is 0 Å². The summed E-state index contributed by atoms with van der Waals surface area (Å²) < 4.78 is 33.1. The van der Waals surface area contributed by atoms with Crippen LogP contribution < -0.4 is 4.74 Å². The molecule has 0 spiro atoms. The molecule has 3 aromatic rings. The Bertz CT molecular complexity index is 1070.